The van der Waals surface area contributed by atoms with Crippen molar-refractivity contribution in [3.63, 3.8) is 0 Å². The highest BCUT2D eigenvalue weighted by Crippen LogP contribution is 2.13. The normalized spacial score (nSPS) is 9.73. The van der Waals surface area contributed by atoms with Gasteiger partial charge in [-0.2, -0.15) is 0 Å². The van der Waals surface area contributed by atoms with Crippen LogP contribution in [0.1, 0.15) is 0 Å². The van der Waals surface area contributed by atoms with Crippen molar-refractivity contribution in [2.75, 3.05) is 30.8 Å². The second-order valence-corrected chi connectivity index (χ2v) is 3.99. The maximum atomic E-state index is 10.8. The molecule has 1 amide bonds. The first-order chi connectivity index (χ1) is 7.22. The number of amides is 1. The van der Waals surface area contributed by atoms with Crippen LogP contribution >= 0.6 is 22.6 Å². The van der Waals surface area contributed by atoms with Crippen molar-refractivity contribution in [1.82, 2.24) is 5.32 Å². The van der Waals surface area contributed by atoms with E-state index in [4.69, 9.17) is 0 Å². The van der Waals surface area contributed by atoms with E-state index in [1.54, 1.807) is 22.6 Å². The fraction of sp³-hybridized carbons (Fsp3) is 0.300. The second kappa shape index (κ2) is 6.62. The van der Waals surface area contributed by atoms with Gasteiger partial charge in [-0.1, -0.05) is 0 Å². The molecule has 3 N–H and O–H groups in total. The molecule has 1 aromatic carbocycles. The summed E-state index contributed by atoms with van der Waals surface area (Å²) in [5.41, 5.74) is 1.87. The summed E-state index contributed by atoms with van der Waals surface area (Å²) in [5.74, 6) is 0. The van der Waals surface area contributed by atoms with Gasteiger partial charge in [0, 0.05) is 47.1 Å². The van der Waals surface area contributed by atoms with Crippen LogP contribution in [0.15, 0.2) is 24.3 Å². The van der Waals surface area contributed by atoms with Crippen molar-refractivity contribution >= 4 is 37.9 Å². The Morgan fingerprint density at radius 3 is 2.33 bits per heavy atom. The van der Waals surface area contributed by atoms with E-state index in [-0.39, 0.29) is 3.91 Å². The van der Waals surface area contributed by atoms with Crippen LogP contribution in [0.25, 0.3) is 0 Å². The Bertz CT molecular complexity index is 313. The first-order valence-corrected chi connectivity index (χ1v) is 5.75. The van der Waals surface area contributed by atoms with Gasteiger partial charge >= 0.3 is 0 Å². The molecule has 0 aromatic heterocycles. The summed E-state index contributed by atoms with van der Waals surface area (Å²) in [4.78, 5) is 10.8. The van der Waals surface area contributed by atoms with E-state index < -0.39 is 0 Å². The fourth-order valence-corrected chi connectivity index (χ4v) is 1.43. The molecule has 0 heterocycles. The van der Waals surface area contributed by atoms with E-state index in [1.807, 2.05) is 31.3 Å². The van der Waals surface area contributed by atoms with Crippen molar-refractivity contribution in [2.45, 2.75) is 0 Å². The molecule has 0 aliphatic heterocycles. The molecule has 0 saturated carbocycles. The van der Waals surface area contributed by atoms with E-state index in [9.17, 15) is 4.79 Å². The zero-order chi connectivity index (χ0) is 11.1. The average molecular weight is 319 g/mol. The van der Waals surface area contributed by atoms with Gasteiger partial charge in [-0.15, -0.1) is 0 Å². The molecule has 0 atom stereocenters. The minimum absolute atomic E-state index is 0.0801. The van der Waals surface area contributed by atoms with Gasteiger partial charge < -0.3 is 16.0 Å². The van der Waals surface area contributed by atoms with Crippen molar-refractivity contribution in [1.29, 1.82) is 0 Å². The number of halogens is 1. The summed E-state index contributed by atoms with van der Waals surface area (Å²) in [6, 6.07) is 7.63. The van der Waals surface area contributed by atoms with Crippen LogP contribution in [0.5, 0.6) is 0 Å². The molecular formula is C10H14IN3O. The summed E-state index contributed by atoms with van der Waals surface area (Å²) in [5, 5.41) is 9.01. The van der Waals surface area contributed by atoms with Crippen molar-refractivity contribution in [3.05, 3.63) is 24.3 Å². The molecular weight excluding hydrogens is 305 g/mol. The number of benzene rings is 1. The Balaban J connectivity index is 2.45. The first-order valence-electron chi connectivity index (χ1n) is 4.67. The average Bonchev–Trinajstić information content (AvgIpc) is 2.20. The maximum Gasteiger partial charge on any atom is 0.284 e. The predicted molar refractivity (Wildman–Crippen MR) is 71.9 cm³/mol. The van der Waals surface area contributed by atoms with E-state index in [0.29, 0.717) is 0 Å². The highest BCUT2D eigenvalue weighted by Gasteiger charge is 1.96. The molecule has 0 aliphatic rings. The Morgan fingerprint density at radius 2 is 1.80 bits per heavy atom. The number of carbonyl (C=O) groups is 1. The Labute approximate surface area is 103 Å². The Hall–Kier alpha value is -0.820. The number of rotatable bonds is 5. The molecule has 0 aliphatic carbocycles. The number of likely N-dealkylation sites (N-methyl/N-ethyl adjacent to an activating group) is 1. The quantitative estimate of drug-likeness (QED) is 0.338. The monoisotopic (exact) mass is 319 g/mol. The topological polar surface area (TPSA) is 53.2 Å². The van der Waals surface area contributed by atoms with E-state index in [0.717, 1.165) is 24.5 Å². The summed E-state index contributed by atoms with van der Waals surface area (Å²) in [6.45, 7) is 1.81. The van der Waals surface area contributed by atoms with Crippen LogP contribution in [-0.4, -0.2) is 24.1 Å². The number of hydrogen-bond acceptors (Lipinski definition) is 3. The zero-order valence-electron chi connectivity index (χ0n) is 8.51. The van der Waals surface area contributed by atoms with Crippen LogP contribution < -0.4 is 16.0 Å². The second-order valence-electron chi connectivity index (χ2n) is 3.01. The summed E-state index contributed by atoms with van der Waals surface area (Å²) >= 11 is 1.71. The third-order valence-corrected chi connectivity index (χ3v) is 2.10. The van der Waals surface area contributed by atoms with Gasteiger partial charge in [0.05, 0.1) is 0 Å². The van der Waals surface area contributed by atoms with Crippen molar-refractivity contribution in [2.24, 2.45) is 0 Å². The lowest BCUT2D eigenvalue weighted by molar-refractivity contribution is 0.272. The van der Waals surface area contributed by atoms with Gasteiger partial charge in [0.2, 0.25) is 0 Å². The van der Waals surface area contributed by atoms with Crippen LogP contribution in [0, 0.1) is 0 Å². The summed E-state index contributed by atoms with van der Waals surface area (Å²) in [6.07, 6.45) is 0. The number of hydrogen-bond donors (Lipinski definition) is 3. The van der Waals surface area contributed by atoms with Crippen molar-refractivity contribution in [3.8, 4) is 0 Å². The molecule has 0 fully saturated rings. The third-order valence-electron chi connectivity index (χ3n) is 1.83. The largest absolute Gasteiger partial charge is 0.384 e. The molecule has 1 rings (SSSR count). The smallest absolute Gasteiger partial charge is 0.284 e. The molecule has 0 saturated heterocycles. The Kier molecular flexibility index (Phi) is 5.41. The lowest BCUT2D eigenvalue weighted by Gasteiger charge is -2.06. The van der Waals surface area contributed by atoms with Gasteiger partial charge in [0.1, 0.15) is 0 Å². The number of carbonyl (C=O) groups excluding carboxylic acids is 1. The maximum absolute atomic E-state index is 10.8. The first kappa shape index (κ1) is 12.3. The number of nitrogens with one attached hydrogen (secondary N) is 3. The molecule has 0 unspecified atom stereocenters. The molecule has 4 nitrogen and oxygen atoms in total. The molecule has 0 radical (unpaired) electrons. The molecule has 82 valence electrons. The standard InChI is InChI=1S/C10H14IN3O/c1-12-6-7-13-8-2-4-9(5-3-8)14-10(11)15/h2-5,12-13H,6-7H2,1H3,(H,14,15). The summed E-state index contributed by atoms with van der Waals surface area (Å²) in [7, 11) is 1.92. The van der Waals surface area contributed by atoms with Crippen LogP contribution in [0.4, 0.5) is 16.2 Å². The molecule has 0 spiro atoms. The minimum atomic E-state index is -0.0801. The predicted octanol–water partition coefficient (Wildman–Crippen LogP) is 2.28. The van der Waals surface area contributed by atoms with Gasteiger partial charge in [-0.25, -0.2) is 0 Å². The van der Waals surface area contributed by atoms with E-state index in [1.165, 1.54) is 0 Å². The highest BCUT2D eigenvalue weighted by molar-refractivity contribution is 14.1. The SMILES string of the molecule is CNCCNc1ccc(NC(=O)I)cc1. The highest BCUT2D eigenvalue weighted by atomic mass is 127. The fourth-order valence-electron chi connectivity index (χ4n) is 1.12. The molecule has 5 heteroatoms. The van der Waals surface area contributed by atoms with Crippen LogP contribution in [0.3, 0.4) is 0 Å². The van der Waals surface area contributed by atoms with Gasteiger partial charge in [0.15, 0.2) is 0 Å². The molecule has 15 heavy (non-hydrogen) atoms. The van der Waals surface area contributed by atoms with Gasteiger partial charge in [0.25, 0.3) is 3.91 Å². The van der Waals surface area contributed by atoms with Crippen molar-refractivity contribution < 1.29 is 4.79 Å². The summed E-state index contributed by atoms with van der Waals surface area (Å²) < 4.78 is -0.0801. The third kappa shape index (κ3) is 4.98. The van der Waals surface area contributed by atoms with Crippen LogP contribution in [0.2, 0.25) is 0 Å². The molecule has 0 bridgehead atoms. The van der Waals surface area contributed by atoms with Gasteiger partial charge in [-0.05, 0) is 31.3 Å². The lowest BCUT2D eigenvalue weighted by Crippen LogP contribution is -2.17. The minimum Gasteiger partial charge on any atom is -0.384 e. The van der Waals surface area contributed by atoms with E-state index >= 15 is 0 Å². The number of anilines is 2. The van der Waals surface area contributed by atoms with Gasteiger partial charge in [-0.3, -0.25) is 4.79 Å². The van der Waals surface area contributed by atoms with Crippen LogP contribution in [-0.2, 0) is 0 Å². The van der Waals surface area contributed by atoms with E-state index in [2.05, 4.69) is 16.0 Å². The lowest BCUT2D eigenvalue weighted by atomic mass is 10.3. The zero-order valence-corrected chi connectivity index (χ0v) is 10.7. The Morgan fingerprint density at radius 1 is 1.20 bits per heavy atom. The molecule has 1 aromatic rings.